The van der Waals surface area contributed by atoms with Gasteiger partial charge in [-0.05, 0) is 31.5 Å². The van der Waals surface area contributed by atoms with E-state index in [0.717, 1.165) is 27.8 Å². The molecule has 1 N–H and O–H groups in total. The van der Waals surface area contributed by atoms with Crippen molar-refractivity contribution in [1.29, 1.82) is 0 Å². The minimum atomic E-state index is 0.696. The zero-order chi connectivity index (χ0) is 15.8. The lowest BCUT2D eigenvalue weighted by atomic mass is 10.2. The van der Waals surface area contributed by atoms with E-state index in [1.807, 2.05) is 0 Å². The summed E-state index contributed by atoms with van der Waals surface area (Å²) in [6, 6.07) is 14.8. The summed E-state index contributed by atoms with van der Waals surface area (Å²) in [5.74, 6) is 0.840. The molecule has 0 aliphatic heterocycles. The van der Waals surface area contributed by atoms with Gasteiger partial charge in [0.1, 0.15) is 5.52 Å². The fraction of sp³-hybridized carbons (Fsp3) is 0.167. The van der Waals surface area contributed by atoms with Gasteiger partial charge < -0.3 is 4.98 Å². The van der Waals surface area contributed by atoms with Crippen LogP contribution in [-0.2, 0) is 5.75 Å². The predicted molar refractivity (Wildman–Crippen MR) is 94.7 cm³/mol. The molecule has 0 atom stereocenters. The molecule has 0 spiro atoms. The zero-order valence-electron chi connectivity index (χ0n) is 13.0. The molecule has 4 aromatic rings. The number of H-pyrrole nitrogens is 1. The first-order chi connectivity index (χ1) is 11.2. The Kier molecular flexibility index (Phi) is 3.50. The van der Waals surface area contributed by atoms with Crippen LogP contribution in [0.2, 0.25) is 0 Å². The number of benzene rings is 2. The minimum Gasteiger partial charge on any atom is -0.338 e. The van der Waals surface area contributed by atoms with Gasteiger partial charge in [0.25, 0.3) is 0 Å². The lowest BCUT2D eigenvalue weighted by Gasteiger charge is -2.01. The summed E-state index contributed by atoms with van der Waals surface area (Å²) < 4.78 is 0. The first-order valence-electron chi connectivity index (χ1n) is 7.50. The molecule has 0 saturated carbocycles. The van der Waals surface area contributed by atoms with Crippen LogP contribution in [0.5, 0.6) is 0 Å². The molecule has 2 heterocycles. The first-order valence-corrected chi connectivity index (χ1v) is 8.49. The molecule has 0 saturated heterocycles. The summed E-state index contributed by atoms with van der Waals surface area (Å²) in [5.41, 5.74) is 6.42. The summed E-state index contributed by atoms with van der Waals surface area (Å²) in [4.78, 5) is 7.93. The Bertz CT molecular complexity index is 989. The van der Waals surface area contributed by atoms with Crippen LogP contribution in [-0.4, -0.2) is 20.2 Å². The summed E-state index contributed by atoms with van der Waals surface area (Å²) in [7, 11) is 0. The molecule has 114 valence electrons. The van der Waals surface area contributed by atoms with Gasteiger partial charge in [0.15, 0.2) is 5.65 Å². The maximum absolute atomic E-state index is 4.61. The van der Waals surface area contributed by atoms with Crippen LogP contribution in [0, 0.1) is 13.8 Å². The summed E-state index contributed by atoms with van der Waals surface area (Å²) in [6.07, 6.45) is 0. The van der Waals surface area contributed by atoms with Crippen molar-refractivity contribution in [3.05, 3.63) is 59.2 Å². The molecule has 4 nitrogen and oxygen atoms in total. The number of aromatic amines is 1. The molecule has 5 heteroatoms. The summed E-state index contributed by atoms with van der Waals surface area (Å²) >= 11 is 1.60. The Labute approximate surface area is 138 Å². The van der Waals surface area contributed by atoms with Crippen LogP contribution in [0.15, 0.2) is 47.6 Å². The van der Waals surface area contributed by atoms with Gasteiger partial charge in [-0.15, -0.1) is 10.2 Å². The van der Waals surface area contributed by atoms with E-state index in [9.17, 15) is 0 Å². The monoisotopic (exact) mass is 320 g/mol. The smallest absolute Gasteiger partial charge is 0.211 e. The summed E-state index contributed by atoms with van der Waals surface area (Å²) in [6.45, 7) is 4.17. The predicted octanol–water partition coefficient (Wildman–Crippen LogP) is 4.42. The molecular formula is C18H16N4S. The Balaban J connectivity index is 1.63. The van der Waals surface area contributed by atoms with Gasteiger partial charge in [-0.25, -0.2) is 4.98 Å². The van der Waals surface area contributed by atoms with E-state index < -0.39 is 0 Å². The number of hydrogen-bond acceptors (Lipinski definition) is 4. The van der Waals surface area contributed by atoms with Gasteiger partial charge in [0.2, 0.25) is 5.16 Å². The second-order valence-corrected chi connectivity index (χ2v) is 6.68. The normalized spacial score (nSPS) is 11.4. The van der Waals surface area contributed by atoms with E-state index in [1.165, 1.54) is 16.7 Å². The highest BCUT2D eigenvalue weighted by atomic mass is 32.2. The van der Waals surface area contributed by atoms with Crippen LogP contribution in [0.25, 0.3) is 22.1 Å². The van der Waals surface area contributed by atoms with Crippen molar-refractivity contribution in [2.24, 2.45) is 0 Å². The van der Waals surface area contributed by atoms with Crippen molar-refractivity contribution in [1.82, 2.24) is 20.2 Å². The molecule has 0 bridgehead atoms. The van der Waals surface area contributed by atoms with Crippen molar-refractivity contribution in [2.75, 3.05) is 0 Å². The van der Waals surface area contributed by atoms with Gasteiger partial charge in [0, 0.05) is 16.7 Å². The van der Waals surface area contributed by atoms with Crippen LogP contribution in [0.4, 0.5) is 0 Å². The van der Waals surface area contributed by atoms with E-state index in [0.29, 0.717) is 5.16 Å². The average molecular weight is 320 g/mol. The number of fused-ring (bicyclic) bond motifs is 3. The van der Waals surface area contributed by atoms with Gasteiger partial charge in [0.05, 0.1) is 0 Å². The Hall–Kier alpha value is -2.40. The lowest BCUT2D eigenvalue weighted by Crippen LogP contribution is -1.92. The number of hydrogen-bond donors (Lipinski definition) is 1. The van der Waals surface area contributed by atoms with Crippen LogP contribution in [0.1, 0.15) is 16.7 Å². The molecule has 0 aliphatic carbocycles. The molecule has 2 aromatic carbocycles. The highest BCUT2D eigenvalue weighted by Crippen LogP contribution is 2.25. The number of thioether (sulfide) groups is 1. The zero-order valence-corrected chi connectivity index (χ0v) is 13.8. The van der Waals surface area contributed by atoms with Gasteiger partial charge in [-0.2, -0.15) is 0 Å². The van der Waals surface area contributed by atoms with Crippen molar-refractivity contribution >= 4 is 33.8 Å². The molecular weight excluding hydrogens is 304 g/mol. The van der Waals surface area contributed by atoms with E-state index in [2.05, 4.69) is 76.5 Å². The Morgan fingerprint density at radius 3 is 2.57 bits per heavy atom. The quantitative estimate of drug-likeness (QED) is 0.568. The molecule has 2 aromatic heterocycles. The number of aryl methyl sites for hydroxylation is 2. The van der Waals surface area contributed by atoms with Gasteiger partial charge in [-0.1, -0.05) is 53.2 Å². The minimum absolute atomic E-state index is 0.696. The molecule has 0 amide bonds. The maximum Gasteiger partial charge on any atom is 0.211 e. The lowest BCUT2D eigenvalue weighted by molar-refractivity contribution is 0.878. The molecule has 23 heavy (non-hydrogen) atoms. The summed E-state index contributed by atoms with van der Waals surface area (Å²) in [5, 5.41) is 10.4. The van der Waals surface area contributed by atoms with Crippen molar-refractivity contribution < 1.29 is 0 Å². The third-order valence-corrected chi connectivity index (χ3v) is 4.75. The van der Waals surface area contributed by atoms with E-state index in [1.54, 1.807) is 11.8 Å². The Morgan fingerprint density at radius 2 is 1.74 bits per heavy atom. The van der Waals surface area contributed by atoms with Crippen molar-refractivity contribution in [2.45, 2.75) is 24.8 Å². The third kappa shape index (κ3) is 2.80. The standard InChI is InChI=1S/C18H16N4S/c1-11-3-6-13(7-4-11)10-23-18-20-17-16(21-22-18)14-9-12(2)5-8-15(14)19-17/h3-9H,10H2,1-2H3,(H,19,20,22). The second-order valence-electron chi connectivity index (χ2n) is 5.74. The van der Waals surface area contributed by atoms with Gasteiger partial charge >= 0.3 is 0 Å². The fourth-order valence-corrected chi connectivity index (χ4v) is 3.31. The molecule has 0 fully saturated rings. The largest absolute Gasteiger partial charge is 0.338 e. The van der Waals surface area contributed by atoms with E-state index in [4.69, 9.17) is 0 Å². The highest BCUT2D eigenvalue weighted by molar-refractivity contribution is 7.98. The third-order valence-electron chi connectivity index (χ3n) is 3.84. The van der Waals surface area contributed by atoms with Gasteiger partial charge in [-0.3, -0.25) is 0 Å². The maximum atomic E-state index is 4.61. The SMILES string of the molecule is Cc1ccc(CSc2nnc3c(n2)[nH]c2ccc(C)cc23)cc1. The molecule has 0 radical (unpaired) electrons. The number of nitrogens with one attached hydrogen (secondary N) is 1. The topological polar surface area (TPSA) is 54.5 Å². The second kappa shape index (κ2) is 5.66. The molecule has 0 unspecified atom stereocenters. The van der Waals surface area contributed by atoms with E-state index in [-0.39, 0.29) is 0 Å². The Morgan fingerprint density at radius 1 is 0.957 bits per heavy atom. The number of aromatic nitrogens is 4. The van der Waals surface area contributed by atoms with E-state index >= 15 is 0 Å². The van der Waals surface area contributed by atoms with Crippen LogP contribution < -0.4 is 0 Å². The molecule has 4 rings (SSSR count). The fourth-order valence-electron chi connectivity index (χ4n) is 2.56. The van der Waals surface area contributed by atoms with Crippen LogP contribution in [0.3, 0.4) is 0 Å². The number of nitrogens with zero attached hydrogens (tertiary/aromatic N) is 3. The van der Waals surface area contributed by atoms with Crippen molar-refractivity contribution in [3.8, 4) is 0 Å². The first kappa shape index (κ1) is 14.2. The van der Waals surface area contributed by atoms with Crippen molar-refractivity contribution in [3.63, 3.8) is 0 Å². The average Bonchev–Trinajstić information content (AvgIpc) is 2.91. The number of rotatable bonds is 3. The molecule has 0 aliphatic rings. The highest BCUT2D eigenvalue weighted by Gasteiger charge is 2.09. The van der Waals surface area contributed by atoms with Crippen LogP contribution >= 0.6 is 11.8 Å².